The molecule has 2 aliphatic heterocycles. The third-order valence-electron chi connectivity index (χ3n) is 5.76. The monoisotopic (exact) mass is 318 g/mol. The van der Waals surface area contributed by atoms with Crippen LogP contribution in [0.2, 0.25) is 0 Å². The van der Waals surface area contributed by atoms with Crippen molar-refractivity contribution in [2.45, 2.75) is 38.1 Å². The van der Waals surface area contributed by atoms with Crippen molar-refractivity contribution in [2.75, 3.05) is 33.9 Å². The maximum absolute atomic E-state index is 12.3. The number of ether oxygens (including phenoxy) is 2. The standard InChI is InChI=1S/C19H28NO3/c1-20-12-4-3-7-18(20)16(6-5-13-20)14-23-19(21)15-8-10-17(22-2)11-9-15/h8-11,16,18H,3-7,12-14H2,1-2H3/q+1/t16-,18+,20-/m1/s1. The quantitative estimate of drug-likeness (QED) is 0.631. The molecule has 0 amide bonds. The molecule has 23 heavy (non-hydrogen) atoms. The lowest BCUT2D eigenvalue weighted by atomic mass is 9.82. The summed E-state index contributed by atoms with van der Waals surface area (Å²) >= 11 is 0. The summed E-state index contributed by atoms with van der Waals surface area (Å²) in [7, 11) is 4.01. The molecule has 2 aliphatic rings. The maximum atomic E-state index is 12.3. The largest absolute Gasteiger partial charge is 0.497 e. The van der Waals surface area contributed by atoms with Crippen molar-refractivity contribution in [2.24, 2.45) is 5.92 Å². The van der Waals surface area contributed by atoms with Crippen LogP contribution >= 0.6 is 0 Å². The van der Waals surface area contributed by atoms with E-state index in [4.69, 9.17) is 9.47 Å². The third kappa shape index (κ3) is 3.52. The number of hydrogen-bond acceptors (Lipinski definition) is 3. The van der Waals surface area contributed by atoms with Gasteiger partial charge in [-0.05, 0) is 49.9 Å². The van der Waals surface area contributed by atoms with Crippen LogP contribution < -0.4 is 4.74 Å². The lowest BCUT2D eigenvalue weighted by Crippen LogP contribution is -2.61. The van der Waals surface area contributed by atoms with Crippen LogP contribution in [0.5, 0.6) is 5.75 Å². The lowest BCUT2D eigenvalue weighted by molar-refractivity contribution is -0.947. The van der Waals surface area contributed by atoms with Crippen molar-refractivity contribution < 1.29 is 18.8 Å². The molecule has 4 heteroatoms. The lowest BCUT2D eigenvalue weighted by Gasteiger charge is -2.51. The number of methoxy groups -OCH3 is 1. The number of rotatable bonds is 4. The Hall–Kier alpha value is -1.55. The van der Waals surface area contributed by atoms with Crippen LogP contribution in [0.25, 0.3) is 0 Å². The van der Waals surface area contributed by atoms with Crippen LogP contribution in [-0.4, -0.2) is 50.3 Å². The van der Waals surface area contributed by atoms with E-state index in [0.29, 0.717) is 24.1 Å². The van der Waals surface area contributed by atoms with Gasteiger partial charge in [0, 0.05) is 12.3 Å². The molecule has 0 spiro atoms. The number of hydrogen-bond donors (Lipinski definition) is 0. The average molecular weight is 318 g/mol. The Balaban J connectivity index is 1.59. The number of esters is 1. The Morgan fingerprint density at radius 1 is 1.13 bits per heavy atom. The van der Waals surface area contributed by atoms with Crippen molar-refractivity contribution in [1.29, 1.82) is 0 Å². The minimum atomic E-state index is -0.219. The van der Waals surface area contributed by atoms with Crippen LogP contribution in [0.4, 0.5) is 0 Å². The molecule has 2 saturated heterocycles. The fraction of sp³-hybridized carbons (Fsp3) is 0.632. The predicted molar refractivity (Wildman–Crippen MR) is 89.6 cm³/mol. The summed E-state index contributed by atoms with van der Waals surface area (Å²) in [6.45, 7) is 3.13. The normalized spacial score (nSPS) is 30.3. The number of nitrogens with zero attached hydrogens (tertiary/aromatic N) is 1. The summed E-state index contributed by atoms with van der Waals surface area (Å²) in [5, 5.41) is 0. The summed E-state index contributed by atoms with van der Waals surface area (Å²) in [6.07, 6.45) is 6.38. The van der Waals surface area contributed by atoms with Gasteiger partial charge >= 0.3 is 5.97 Å². The minimum absolute atomic E-state index is 0.219. The van der Waals surface area contributed by atoms with Gasteiger partial charge in [0.05, 0.1) is 38.9 Å². The second-order valence-electron chi connectivity index (χ2n) is 7.22. The molecule has 3 rings (SSSR count). The molecular formula is C19H28NO3+. The van der Waals surface area contributed by atoms with E-state index in [2.05, 4.69) is 7.05 Å². The molecule has 0 aliphatic carbocycles. The Bertz CT molecular complexity index is 538. The topological polar surface area (TPSA) is 35.5 Å². The number of carbonyl (C=O) groups excluding carboxylic acids is 1. The Kier molecular flexibility index (Phi) is 4.90. The molecule has 126 valence electrons. The summed E-state index contributed by atoms with van der Waals surface area (Å²) in [5.41, 5.74) is 0.600. The van der Waals surface area contributed by atoms with Crippen molar-refractivity contribution in [3.63, 3.8) is 0 Å². The van der Waals surface area contributed by atoms with Gasteiger partial charge in [-0.3, -0.25) is 0 Å². The number of fused-ring (bicyclic) bond motifs is 1. The summed E-state index contributed by atoms with van der Waals surface area (Å²) in [5.74, 6) is 1.04. The van der Waals surface area contributed by atoms with Crippen molar-refractivity contribution >= 4 is 5.97 Å². The van der Waals surface area contributed by atoms with E-state index in [0.717, 1.165) is 5.75 Å². The maximum Gasteiger partial charge on any atom is 0.338 e. The van der Waals surface area contributed by atoms with Crippen molar-refractivity contribution in [3.8, 4) is 5.75 Å². The molecule has 0 bridgehead atoms. The first-order chi connectivity index (χ1) is 11.1. The van der Waals surface area contributed by atoms with Gasteiger partial charge in [0.25, 0.3) is 0 Å². The summed E-state index contributed by atoms with van der Waals surface area (Å²) in [4.78, 5) is 12.3. The third-order valence-corrected chi connectivity index (χ3v) is 5.76. The van der Waals surface area contributed by atoms with Gasteiger partial charge in [0.1, 0.15) is 12.4 Å². The van der Waals surface area contributed by atoms with E-state index < -0.39 is 0 Å². The van der Waals surface area contributed by atoms with E-state index in [1.54, 1.807) is 31.4 Å². The zero-order chi connectivity index (χ0) is 16.3. The van der Waals surface area contributed by atoms with E-state index >= 15 is 0 Å². The van der Waals surface area contributed by atoms with Crippen LogP contribution in [0.3, 0.4) is 0 Å². The highest BCUT2D eigenvalue weighted by Crippen LogP contribution is 2.36. The fourth-order valence-corrected chi connectivity index (χ4v) is 4.42. The van der Waals surface area contributed by atoms with E-state index in [1.807, 2.05) is 0 Å². The van der Waals surface area contributed by atoms with Crippen LogP contribution in [-0.2, 0) is 4.74 Å². The van der Waals surface area contributed by atoms with Gasteiger partial charge in [0.2, 0.25) is 0 Å². The average Bonchev–Trinajstić information content (AvgIpc) is 2.59. The Morgan fingerprint density at radius 2 is 1.87 bits per heavy atom. The second kappa shape index (κ2) is 6.91. The van der Waals surface area contributed by atoms with Crippen LogP contribution in [0, 0.1) is 5.92 Å². The minimum Gasteiger partial charge on any atom is -0.497 e. The first-order valence-corrected chi connectivity index (χ1v) is 8.78. The molecular weight excluding hydrogens is 290 g/mol. The number of benzene rings is 1. The smallest absolute Gasteiger partial charge is 0.338 e. The molecule has 0 aromatic heterocycles. The molecule has 0 radical (unpaired) electrons. The predicted octanol–water partition coefficient (Wildman–Crippen LogP) is 3.26. The van der Waals surface area contributed by atoms with E-state index in [-0.39, 0.29) is 5.97 Å². The molecule has 3 atom stereocenters. The number of quaternary nitrogens is 1. The van der Waals surface area contributed by atoms with Gasteiger partial charge < -0.3 is 14.0 Å². The van der Waals surface area contributed by atoms with Crippen molar-refractivity contribution in [3.05, 3.63) is 29.8 Å². The molecule has 1 aromatic rings. The molecule has 0 unspecified atom stereocenters. The van der Waals surface area contributed by atoms with Crippen molar-refractivity contribution in [1.82, 2.24) is 0 Å². The molecule has 4 nitrogen and oxygen atoms in total. The van der Waals surface area contributed by atoms with Gasteiger partial charge in [-0.15, -0.1) is 0 Å². The highest BCUT2D eigenvalue weighted by molar-refractivity contribution is 5.89. The number of carbonyl (C=O) groups is 1. The summed E-state index contributed by atoms with van der Waals surface area (Å²) < 4.78 is 12.0. The van der Waals surface area contributed by atoms with Gasteiger partial charge in [-0.2, -0.15) is 0 Å². The van der Waals surface area contributed by atoms with E-state index in [1.165, 1.54) is 49.7 Å². The van der Waals surface area contributed by atoms with Crippen LogP contribution in [0.15, 0.2) is 24.3 Å². The first-order valence-electron chi connectivity index (χ1n) is 8.78. The van der Waals surface area contributed by atoms with Gasteiger partial charge in [-0.25, -0.2) is 4.79 Å². The molecule has 0 N–H and O–H groups in total. The van der Waals surface area contributed by atoms with Gasteiger partial charge in [0.15, 0.2) is 0 Å². The molecule has 1 aromatic carbocycles. The Morgan fingerprint density at radius 3 is 2.61 bits per heavy atom. The Labute approximate surface area is 139 Å². The van der Waals surface area contributed by atoms with Gasteiger partial charge in [-0.1, -0.05) is 0 Å². The van der Waals surface area contributed by atoms with Crippen LogP contribution in [0.1, 0.15) is 42.5 Å². The molecule has 0 saturated carbocycles. The van der Waals surface area contributed by atoms with E-state index in [9.17, 15) is 4.79 Å². The highest BCUT2D eigenvalue weighted by atomic mass is 16.5. The zero-order valence-corrected chi connectivity index (χ0v) is 14.3. The zero-order valence-electron chi connectivity index (χ0n) is 14.3. The second-order valence-corrected chi connectivity index (χ2v) is 7.22. The highest BCUT2D eigenvalue weighted by Gasteiger charge is 2.43. The summed E-state index contributed by atoms with van der Waals surface area (Å²) in [6, 6.07) is 7.80. The molecule has 2 heterocycles. The number of piperidine rings is 2. The fourth-order valence-electron chi connectivity index (χ4n) is 4.42. The molecule has 2 fully saturated rings. The first kappa shape index (κ1) is 16.3. The SMILES string of the molecule is COc1ccc(C(=O)OC[C@H]2CCC[N@@+]3(C)CCCC[C@@H]23)cc1.